The van der Waals surface area contributed by atoms with Crippen LogP contribution in [0.4, 0.5) is 4.39 Å². The van der Waals surface area contributed by atoms with E-state index in [2.05, 4.69) is 16.5 Å². The largest absolute Gasteiger partial charge is 0.380 e. The monoisotopic (exact) mass is 392 g/mol. The Morgan fingerprint density at radius 3 is 2.41 bits per heavy atom. The number of thioether (sulfide) groups is 1. The highest BCUT2D eigenvalue weighted by molar-refractivity contribution is 8.00. The van der Waals surface area contributed by atoms with Gasteiger partial charge in [0.2, 0.25) is 0 Å². The van der Waals surface area contributed by atoms with Crippen LogP contribution in [0.2, 0.25) is 0 Å². The highest BCUT2D eigenvalue weighted by Crippen LogP contribution is 2.25. The molecule has 0 saturated heterocycles. The summed E-state index contributed by atoms with van der Waals surface area (Å²) >= 11 is 1.73. The molecule has 2 rings (SSSR count). The first-order valence-electron chi connectivity index (χ1n) is 10.2. The highest BCUT2D eigenvalue weighted by atomic mass is 32.2. The minimum absolute atomic E-state index is 0.198. The van der Waals surface area contributed by atoms with E-state index in [0.717, 1.165) is 24.5 Å². The van der Waals surface area contributed by atoms with Crippen molar-refractivity contribution in [3.05, 3.63) is 48.8 Å². The number of halogens is 1. The van der Waals surface area contributed by atoms with Gasteiger partial charge in [-0.05, 0) is 30.7 Å². The van der Waals surface area contributed by atoms with E-state index in [1.165, 1.54) is 57.1 Å². The van der Waals surface area contributed by atoms with Crippen molar-refractivity contribution >= 4 is 11.8 Å². The molecule has 0 radical (unpaired) electrons. The van der Waals surface area contributed by atoms with Crippen molar-refractivity contribution in [3.63, 3.8) is 0 Å². The van der Waals surface area contributed by atoms with Crippen molar-refractivity contribution in [3.8, 4) is 0 Å². The third kappa shape index (κ3) is 9.96. The molecule has 0 aliphatic rings. The van der Waals surface area contributed by atoms with Gasteiger partial charge in [-0.3, -0.25) is 0 Å². The lowest BCUT2D eigenvalue weighted by molar-refractivity contribution is 0.128. The molecule has 0 bridgehead atoms. The Kier molecular flexibility index (Phi) is 11.2. The van der Waals surface area contributed by atoms with Crippen LogP contribution >= 0.6 is 11.8 Å². The predicted octanol–water partition coefficient (Wildman–Crippen LogP) is 6.34. The number of ether oxygens (including phenoxy) is 1. The number of unbranched alkanes of at least 4 members (excludes halogenated alkanes) is 7. The predicted molar refractivity (Wildman–Crippen MR) is 112 cm³/mol. The molecule has 1 aromatic carbocycles. The van der Waals surface area contributed by atoms with Crippen molar-refractivity contribution < 1.29 is 9.13 Å². The summed E-state index contributed by atoms with van der Waals surface area (Å²) in [5.41, 5.74) is 0. The van der Waals surface area contributed by atoms with Gasteiger partial charge >= 0.3 is 0 Å². The van der Waals surface area contributed by atoms with Crippen molar-refractivity contribution in [1.29, 1.82) is 0 Å². The number of benzene rings is 1. The molecule has 0 amide bonds. The molecule has 0 spiro atoms. The Hall–Kier alpha value is -1.33. The molecular weight excluding hydrogens is 359 g/mol. The van der Waals surface area contributed by atoms with E-state index in [4.69, 9.17) is 4.74 Å². The van der Waals surface area contributed by atoms with E-state index in [9.17, 15) is 4.39 Å². The fraction of sp³-hybridized carbons (Fsp3) is 0.591. The van der Waals surface area contributed by atoms with Crippen molar-refractivity contribution in [2.24, 2.45) is 0 Å². The molecule has 0 aliphatic carbocycles. The van der Waals surface area contributed by atoms with Crippen LogP contribution in [0.15, 0.2) is 47.9 Å². The van der Waals surface area contributed by atoms with E-state index in [0.29, 0.717) is 6.61 Å². The second kappa shape index (κ2) is 13.8. The maximum absolute atomic E-state index is 13.1. The number of hydrogen-bond donors (Lipinski definition) is 0. The standard InChI is InChI=1S/C22H33FN2OS/c1-2-3-4-5-6-7-8-9-16-26-18-22(17-25-15-14-24-19-25)27-21-12-10-20(23)11-13-21/h10-15,19,22H,2-9,16-18H2,1H3. The Bertz CT molecular complexity index is 589. The quantitative estimate of drug-likeness (QED) is 0.261. The maximum Gasteiger partial charge on any atom is 0.123 e. The van der Waals surface area contributed by atoms with Gasteiger partial charge in [0.25, 0.3) is 0 Å². The molecular formula is C22H33FN2OS. The van der Waals surface area contributed by atoms with Crippen molar-refractivity contribution in [2.75, 3.05) is 13.2 Å². The third-order valence-electron chi connectivity index (χ3n) is 4.54. The van der Waals surface area contributed by atoms with Gasteiger partial charge in [0.05, 0.1) is 18.2 Å². The van der Waals surface area contributed by atoms with Crippen LogP contribution in [0, 0.1) is 5.82 Å². The lowest BCUT2D eigenvalue weighted by Crippen LogP contribution is -2.19. The second-order valence-corrected chi connectivity index (χ2v) is 8.38. The average Bonchev–Trinajstić information content (AvgIpc) is 3.18. The molecule has 0 N–H and O–H groups in total. The maximum atomic E-state index is 13.1. The third-order valence-corrected chi connectivity index (χ3v) is 5.70. The van der Waals surface area contributed by atoms with Gasteiger partial charge in [0.1, 0.15) is 5.82 Å². The van der Waals surface area contributed by atoms with Crippen LogP contribution in [0.3, 0.4) is 0 Å². The molecule has 1 unspecified atom stereocenters. The first-order chi connectivity index (χ1) is 13.3. The number of hydrogen-bond acceptors (Lipinski definition) is 3. The summed E-state index contributed by atoms with van der Waals surface area (Å²) in [7, 11) is 0. The summed E-state index contributed by atoms with van der Waals surface area (Å²) in [6, 6.07) is 6.69. The van der Waals surface area contributed by atoms with Gasteiger partial charge in [-0.25, -0.2) is 9.37 Å². The Morgan fingerprint density at radius 1 is 1.04 bits per heavy atom. The zero-order valence-corrected chi connectivity index (χ0v) is 17.3. The van der Waals surface area contributed by atoms with Crippen LogP contribution in [-0.4, -0.2) is 28.0 Å². The molecule has 2 aromatic rings. The average molecular weight is 393 g/mol. The van der Waals surface area contributed by atoms with Crippen LogP contribution in [-0.2, 0) is 11.3 Å². The van der Waals surface area contributed by atoms with Crippen LogP contribution in [0.25, 0.3) is 0 Å². The summed E-state index contributed by atoms with van der Waals surface area (Å²) in [5.74, 6) is -0.198. The Balaban J connectivity index is 1.65. The van der Waals surface area contributed by atoms with E-state index < -0.39 is 0 Å². The van der Waals surface area contributed by atoms with Gasteiger partial charge in [-0.1, -0.05) is 51.9 Å². The summed E-state index contributed by atoms with van der Waals surface area (Å²) in [6.07, 6.45) is 16.1. The topological polar surface area (TPSA) is 27.1 Å². The smallest absolute Gasteiger partial charge is 0.123 e. The number of aromatic nitrogens is 2. The first kappa shape index (κ1) is 22.0. The lowest BCUT2D eigenvalue weighted by Gasteiger charge is -2.17. The SMILES string of the molecule is CCCCCCCCCCOCC(Cn1ccnc1)Sc1ccc(F)cc1. The number of nitrogens with zero attached hydrogens (tertiary/aromatic N) is 2. The van der Waals surface area contributed by atoms with Crippen LogP contribution in [0.1, 0.15) is 58.3 Å². The minimum Gasteiger partial charge on any atom is -0.380 e. The number of rotatable bonds is 15. The molecule has 1 heterocycles. The molecule has 1 atom stereocenters. The molecule has 27 heavy (non-hydrogen) atoms. The molecule has 0 fully saturated rings. The fourth-order valence-corrected chi connectivity index (χ4v) is 4.10. The van der Waals surface area contributed by atoms with Gasteiger partial charge in [-0.15, -0.1) is 11.8 Å². The zero-order valence-electron chi connectivity index (χ0n) is 16.5. The van der Waals surface area contributed by atoms with E-state index in [1.807, 2.05) is 24.7 Å². The van der Waals surface area contributed by atoms with Gasteiger partial charge in [0.15, 0.2) is 0 Å². The van der Waals surface area contributed by atoms with Gasteiger partial charge in [0, 0.05) is 30.4 Å². The molecule has 0 aliphatic heterocycles. The molecule has 150 valence electrons. The summed E-state index contributed by atoms with van der Waals surface area (Å²) in [6.45, 7) is 4.60. The number of imidazole rings is 1. The Labute approximate surface area is 167 Å². The zero-order chi connectivity index (χ0) is 19.2. The summed E-state index contributed by atoms with van der Waals surface area (Å²) in [5, 5.41) is 0.277. The van der Waals surface area contributed by atoms with Gasteiger partial charge < -0.3 is 9.30 Å². The van der Waals surface area contributed by atoms with E-state index in [-0.39, 0.29) is 11.1 Å². The first-order valence-corrected chi connectivity index (χ1v) is 11.1. The van der Waals surface area contributed by atoms with E-state index >= 15 is 0 Å². The van der Waals surface area contributed by atoms with Crippen molar-refractivity contribution in [1.82, 2.24) is 9.55 Å². The van der Waals surface area contributed by atoms with Gasteiger partial charge in [-0.2, -0.15) is 0 Å². The van der Waals surface area contributed by atoms with Crippen molar-refractivity contribution in [2.45, 2.75) is 75.0 Å². The normalized spacial score (nSPS) is 12.4. The summed E-state index contributed by atoms with van der Waals surface area (Å²) < 4.78 is 21.1. The lowest BCUT2D eigenvalue weighted by atomic mass is 10.1. The van der Waals surface area contributed by atoms with Crippen LogP contribution < -0.4 is 0 Å². The second-order valence-electron chi connectivity index (χ2n) is 7.00. The Morgan fingerprint density at radius 2 is 1.74 bits per heavy atom. The molecule has 5 heteroatoms. The fourth-order valence-electron chi connectivity index (χ4n) is 3.01. The minimum atomic E-state index is -0.198. The molecule has 1 aromatic heterocycles. The highest BCUT2D eigenvalue weighted by Gasteiger charge is 2.12. The summed E-state index contributed by atoms with van der Waals surface area (Å²) in [4.78, 5) is 5.18. The molecule has 3 nitrogen and oxygen atoms in total. The van der Waals surface area contributed by atoms with Crippen LogP contribution in [0.5, 0.6) is 0 Å². The van der Waals surface area contributed by atoms with E-state index in [1.54, 1.807) is 18.0 Å². The molecule has 0 saturated carbocycles.